The molecule has 1 N–H and O–H groups in total. The summed E-state index contributed by atoms with van der Waals surface area (Å²) in [4.78, 5) is 37.0. The third-order valence-electron chi connectivity index (χ3n) is 5.10. The zero-order valence-electron chi connectivity index (χ0n) is 19.4. The van der Waals surface area contributed by atoms with Crippen LogP contribution in [0.3, 0.4) is 0 Å². The summed E-state index contributed by atoms with van der Waals surface area (Å²) in [6.07, 6.45) is 8.66. The lowest BCUT2D eigenvalue weighted by Gasteiger charge is -2.30. The normalized spacial score (nSPS) is 16.3. The summed E-state index contributed by atoms with van der Waals surface area (Å²) in [7, 11) is 0. The highest BCUT2D eigenvalue weighted by Gasteiger charge is 2.38. The highest BCUT2D eigenvalue weighted by molar-refractivity contribution is 6.00. The number of hydrogen-bond acceptors (Lipinski definition) is 7. The Morgan fingerprint density at radius 1 is 1.12 bits per heavy atom. The first-order valence-corrected chi connectivity index (χ1v) is 10.9. The van der Waals surface area contributed by atoms with E-state index in [4.69, 9.17) is 9.47 Å². The lowest BCUT2D eigenvalue weighted by atomic mass is 9.80. The number of benzene rings is 1. The van der Waals surface area contributed by atoms with Gasteiger partial charge in [0.1, 0.15) is 6.61 Å². The van der Waals surface area contributed by atoms with E-state index in [1.54, 1.807) is 32.1 Å². The maximum Gasteiger partial charge on any atom is 0.337 e. The van der Waals surface area contributed by atoms with Gasteiger partial charge in [0.2, 0.25) is 0 Å². The molecule has 8 heteroatoms. The Hall–Kier alpha value is -3.68. The first kappa shape index (κ1) is 25.6. The molecular formula is C25H30N2O6. The molecular weight excluding hydrogens is 424 g/mol. The Kier molecular flexibility index (Phi) is 9.60. The van der Waals surface area contributed by atoms with E-state index in [9.17, 15) is 19.7 Å². The molecule has 0 bridgehead atoms. The molecule has 0 fully saturated rings. The van der Waals surface area contributed by atoms with Crippen molar-refractivity contribution in [1.82, 2.24) is 5.32 Å². The summed E-state index contributed by atoms with van der Waals surface area (Å²) < 4.78 is 10.9. The van der Waals surface area contributed by atoms with Gasteiger partial charge in [0.05, 0.1) is 28.6 Å². The first-order valence-electron chi connectivity index (χ1n) is 10.9. The number of dihydropyridines is 1. The molecule has 1 heterocycles. The van der Waals surface area contributed by atoms with Crippen molar-refractivity contribution in [1.29, 1.82) is 0 Å². The maximum absolute atomic E-state index is 13.1. The van der Waals surface area contributed by atoms with Gasteiger partial charge in [-0.2, -0.15) is 0 Å². The number of unbranched alkanes of at least 4 members (excludes halogenated alkanes) is 1. The molecule has 1 aliphatic heterocycles. The minimum absolute atomic E-state index is 0.0422. The lowest BCUT2D eigenvalue weighted by Crippen LogP contribution is -2.32. The second-order valence-electron chi connectivity index (χ2n) is 7.53. The zero-order chi connectivity index (χ0) is 24.4. The van der Waals surface area contributed by atoms with Crippen LogP contribution in [0.15, 0.2) is 71.1 Å². The highest BCUT2D eigenvalue weighted by Crippen LogP contribution is 2.40. The van der Waals surface area contributed by atoms with Crippen LogP contribution in [0.4, 0.5) is 5.69 Å². The minimum Gasteiger partial charge on any atom is -0.462 e. The average Bonchev–Trinajstić information content (AvgIpc) is 2.78. The number of nitro benzene ring substituents is 1. The molecule has 1 unspecified atom stereocenters. The van der Waals surface area contributed by atoms with Crippen LogP contribution in [-0.2, 0) is 19.1 Å². The van der Waals surface area contributed by atoms with Crippen LogP contribution in [0.1, 0.15) is 52.0 Å². The van der Waals surface area contributed by atoms with Crippen LogP contribution in [0.2, 0.25) is 0 Å². The second kappa shape index (κ2) is 12.4. The van der Waals surface area contributed by atoms with Gasteiger partial charge in [-0.3, -0.25) is 10.1 Å². The number of carbonyl (C=O) groups excluding carboxylic acids is 2. The number of nitrogens with one attached hydrogen (secondary N) is 1. The molecule has 0 amide bonds. The molecule has 1 atom stereocenters. The summed E-state index contributed by atoms with van der Waals surface area (Å²) >= 11 is 0. The zero-order valence-corrected chi connectivity index (χ0v) is 19.4. The first-order chi connectivity index (χ1) is 15.8. The number of esters is 2. The predicted molar refractivity (Wildman–Crippen MR) is 125 cm³/mol. The van der Waals surface area contributed by atoms with Gasteiger partial charge >= 0.3 is 11.9 Å². The fourth-order valence-electron chi connectivity index (χ4n) is 3.52. The average molecular weight is 455 g/mol. The fourth-order valence-corrected chi connectivity index (χ4v) is 3.52. The molecule has 33 heavy (non-hydrogen) atoms. The van der Waals surface area contributed by atoms with Crippen LogP contribution in [0, 0.1) is 10.1 Å². The van der Waals surface area contributed by atoms with Gasteiger partial charge in [-0.05, 0) is 38.8 Å². The van der Waals surface area contributed by atoms with Crippen LogP contribution in [0.5, 0.6) is 0 Å². The van der Waals surface area contributed by atoms with Gasteiger partial charge < -0.3 is 14.8 Å². The Bertz CT molecular complexity index is 1020. The van der Waals surface area contributed by atoms with Crippen molar-refractivity contribution >= 4 is 17.6 Å². The van der Waals surface area contributed by atoms with Crippen LogP contribution in [0.25, 0.3) is 0 Å². The Morgan fingerprint density at radius 3 is 2.39 bits per heavy atom. The van der Waals surface area contributed by atoms with Crippen LogP contribution >= 0.6 is 0 Å². The van der Waals surface area contributed by atoms with E-state index < -0.39 is 22.8 Å². The maximum atomic E-state index is 13.1. The number of nitrogens with zero attached hydrogens (tertiary/aromatic N) is 1. The summed E-state index contributed by atoms with van der Waals surface area (Å²) in [5.41, 5.74) is 1.77. The minimum atomic E-state index is -0.868. The number of hydrogen-bond donors (Lipinski definition) is 1. The number of carbonyl (C=O) groups is 2. The molecule has 8 nitrogen and oxygen atoms in total. The standard InChI is InChI=1S/C25H30N2O6/c1-5-7-9-10-15-33-25(29)22-18(4)26-17(3)21(24(28)32-14-8-6-2)23(22)19-12-11-13-20(16-19)27(30)31/h5,7,9-13,16,23,26H,6,8,14-15H2,1-4H3. The molecule has 0 saturated heterocycles. The van der Waals surface area contributed by atoms with Gasteiger partial charge in [-0.1, -0.05) is 43.7 Å². The summed E-state index contributed by atoms with van der Waals surface area (Å²) in [5, 5.41) is 14.4. The van der Waals surface area contributed by atoms with Crippen molar-refractivity contribution in [2.75, 3.05) is 13.2 Å². The Morgan fingerprint density at radius 2 is 1.79 bits per heavy atom. The smallest absolute Gasteiger partial charge is 0.337 e. The predicted octanol–water partition coefficient (Wildman–Crippen LogP) is 4.85. The molecule has 1 aromatic carbocycles. The molecule has 0 aliphatic carbocycles. The van der Waals surface area contributed by atoms with Gasteiger partial charge in [0.15, 0.2) is 0 Å². The molecule has 2 rings (SSSR count). The number of non-ortho nitro benzene ring substituents is 1. The Labute approximate surface area is 193 Å². The van der Waals surface area contributed by atoms with E-state index in [-0.39, 0.29) is 30.0 Å². The van der Waals surface area contributed by atoms with E-state index in [2.05, 4.69) is 5.32 Å². The van der Waals surface area contributed by atoms with Crippen molar-refractivity contribution in [2.45, 2.75) is 46.5 Å². The van der Waals surface area contributed by atoms with Crippen molar-refractivity contribution in [3.8, 4) is 0 Å². The van der Waals surface area contributed by atoms with E-state index >= 15 is 0 Å². The number of nitro groups is 1. The molecule has 176 valence electrons. The molecule has 0 radical (unpaired) electrons. The Balaban J connectivity index is 2.50. The van der Waals surface area contributed by atoms with E-state index in [0.29, 0.717) is 23.4 Å². The summed E-state index contributed by atoms with van der Waals surface area (Å²) in [5.74, 6) is -2.06. The van der Waals surface area contributed by atoms with Crippen LogP contribution in [-0.4, -0.2) is 30.1 Å². The highest BCUT2D eigenvalue weighted by atomic mass is 16.6. The second-order valence-corrected chi connectivity index (χ2v) is 7.53. The SMILES string of the molecule is CC=CC=CCOC(=O)C1=C(C)NC(C)=C(C(=O)OCCCC)C1c1cccc([N+](=O)[O-])c1. The largest absolute Gasteiger partial charge is 0.462 e. The lowest BCUT2D eigenvalue weighted by molar-refractivity contribution is -0.384. The van der Waals surface area contributed by atoms with Crippen molar-refractivity contribution < 1.29 is 24.0 Å². The van der Waals surface area contributed by atoms with Crippen molar-refractivity contribution in [2.24, 2.45) is 0 Å². The van der Waals surface area contributed by atoms with E-state index in [1.165, 1.54) is 18.2 Å². The summed E-state index contributed by atoms with van der Waals surface area (Å²) in [6, 6.07) is 5.92. The molecule has 1 aliphatic rings. The van der Waals surface area contributed by atoms with Crippen molar-refractivity contribution in [3.05, 3.63) is 86.8 Å². The number of rotatable bonds is 10. The van der Waals surface area contributed by atoms with Crippen molar-refractivity contribution in [3.63, 3.8) is 0 Å². The summed E-state index contributed by atoms with van der Waals surface area (Å²) in [6.45, 7) is 7.56. The molecule has 0 spiro atoms. The molecule has 0 saturated carbocycles. The van der Waals surface area contributed by atoms with Gasteiger partial charge in [0.25, 0.3) is 5.69 Å². The number of ether oxygens (including phenoxy) is 2. The third-order valence-corrected chi connectivity index (χ3v) is 5.10. The van der Waals surface area contributed by atoms with Crippen LogP contribution < -0.4 is 5.32 Å². The number of allylic oxidation sites excluding steroid dienone is 5. The topological polar surface area (TPSA) is 108 Å². The van der Waals surface area contributed by atoms with Gasteiger partial charge in [-0.25, -0.2) is 9.59 Å². The van der Waals surface area contributed by atoms with Gasteiger partial charge in [0, 0.05) is 23.5 Å². The third kappa shape index (κ3) is 6.65. The fraction of sp³-hybridized carbons (Fsp3) is 0.360. The van der Waals surface area contributed by atoms with E-state index in [1.807, 2.05) is 26.0 Å². The molecule has 0 aromatic heterocycles. The monoisotopic (exact) mass is 454 g/mol. The molecule has 1 aromatic rings. The quantitative estimate of drug-likeness (QED) is 0.177. The van der Waals surface area contributed by atoms with E-state index in [0.717, 1.165) is 6.42 Å². The van der Waals surface area contributed by atoms with Gasteiger partial charge in [-0.15, -0.1) is 0 Å².